The molecule has 0 N–H and O–H groups in total. The monoisotopic (exact) mass is 299 g/mol. The van der Waals surface area contributed by atoms with Gasteiger partial charge in [0.25, 0.3) is 5.91 Å². The second-order valence-electron chi connectivity index (χ2n) is 3.72. The lowest BCUT2D eigenvalue weighted by Gasteiger charge is -2.19. The molecule has 19 heavy (non-hydrogen) atoms. The maximum Gasteiger partial charge on any atom is 0.261 e. The van der Waals surface area contributed by atoms with Crippen molar-refractivity contribution in [3.63, 3.8) is 0 Å². The van der Waals surface area contributed by atoms with Crippen LogP contribution < -0.4 is 4.74 Å². The fourth-order valence-corrected chi connectivity index (χ4v) is 1.76. The van der Waals surface area contributed by atoms with Crippen LogP contribution in [0.4, 0.5) is 0 Å². The van der Waals surface area contributed by atoms with Crippen molar-refractivity contribution >= 4 is 29.1 Å². The number of nitrogens with zero attached hydrogens (tertiary/aromatic N) is 1. The van der Waals surface area contributed by atoms with Gasteiger partial charge in [-0.05, 0) is 12.1 Å². The zero-order valence-corrected chi connectivity index (χ0v) is 12.0. The van der Waals surface area contributed by atoms with Crippen LogP contribution in [-0.2, 0) is 4.79 Å². The van der Waals surface area contributed by atoms with E-state index in [4.69, 9.17) is 27.9 Å². The van der Waals surface area contributed by atoms with Crippen LogP contribution in [0, 0.1) is 0 Å². The van der Waals surface area contributed by atoms with E-state index in [1.54, 1.807) is 35.3 Å². The lowest BCUT2D eigenvalue weighted by atomic mass is 10.3. The summed E-state index contributed by atoms with van der Waals surface area (Å²) in [6.45, 7) is 7.98. The van der Waals surface area contributed by atoms with E-state index in [0.29, 0.717) is 28.9 Å². The lowest BCUT2D eigenvalue weighted by molar-refractivity contribution is -0.132. The number of rotatable bonds is 7. The summed E-state index contributed by atoms with van der Waals surface area (Å²) in [6, 6.07) is 5.02. The van der Waals surface area contributed by atoms with Crippen LogP contribution in [0.15, 0.2) is 43.5 Å². The highest BCUT2D eigenvalue weighted by Gasteiger charge is 2.13. The number of amides is 1. The van der Waals surface area contributed by atoms with E-state index >= 15 is 0 Å². The highest BCUT2D eigenvalue weighted by molar-refractivity contribution is 6.42. The molecule has 102 valence electrons. The summed E-state index contributed by atoms with van der Waals surface area (Å²) in [5.74, 6) is 0.218. The number of halogens is 2. The molecule has 0 fully saturated rings. The Labute approximate surface area is 123 Å². The molecule has 1 amide bonds. The van der Waals surface area contributed by atoms with Gasteiger partial charge in [-0.1, -0.05) is 41.4 Å². The van der Waals surface area contributed by atoms with Crippen molar-refractivity contribution in [2.24, 2.45) is 0 Å². The quantitative estimate of drug-likeness (QED) is 0.720. The zero-order valence-electron chi connectivity index (χ0n) is 10.4. The molecule has 0 aliphatic heterocycles. The number of hydrogen-bond acceptors (Lipinski definition) is 2. The Kier molecular flexibility index (Phi) is 6.46. The normalized spacial score (nSPS) is 9.79. The Morgan fingerprint density at radius 2 is 1.89 bits per heavy atom. The molecule has 5 heteroatoms. The van der Waals surface area contributed by atoms with Crippen molar-refractivity contribution in [3.05, 3.63) is 53.6 Å². The average Bonchev–Trinajstić information content (AvgIpc) is 2.40. The molecule has 0 saturated heterocycles. The Balaban J connectivity index is 2.64. The Bertz CT molecular complexity index is 465. The molecule has 0 heterocycles. The van der Waals surface area contributed by atoms with Crippen molar-refractivity contribution in [1.82, 2.24) is 4.90 Å². The van der Waals surface area contributed by atoms with Gasteiger partial charge in [0.2, 0.25) is 0 Å². The minimum atomic E-state index is -0.171. The smallest absolute Gasteiger partial charge is 0.261 e. The molecule has 3 nitrogen and oxygen atoms in total. The van der Waals surface area contributed by atoms with Crippen LogP contribution in [-0.4, -0.2) is 30.5 Å². The SMILES string of the molecule is C=CCN(CC=C)C(=O)COc1cccc(Cl)c1Cl. The summed E-state index contributed by atoms with van der Waals surface area (Å²) in [6.07, 6.45) is 3.29. The molecule has 0 unspecified atom stereocenters. The molecular formula is C14H15Cl2NO2. The summed E-state index contributed by atoms with van der Waals surface area (Å²) >= 11 is 11.8. The zero-order chi connectivity index (χ0) is 14.3. The van der Waals surface area contributed by atoms with Gasteiger partial charge in [0.1, 0.15) is 10.8 Å². The summed E-state index contributed by atoms with van der Waals surface area (Å²) in [5, 5.41) is 0.691. The van der Waals surface area contributed by atoms with Gasteiger partial charge in [-0.25, -0.2) is 0 Å². The third-order valence-electron chi connectivity index (χ3n) is 2.32. The van der Waals surface area contributed by atoms with Gasteiger partial charge in [0.05, 0.1) is 5.02 Å². The first-order valence-corrected chi connectivity index (χ1v) is 6.42. The summed E-state index contributed by atoms with van der Waals surface area (Å²) < 4.78 is 5.38. The fraction of sp³-hybridized carbons (Fsp3) is 0.214. The third-order valence-corrected chi connectivity index (χ3v) is 3.12. The van der Waals surface area contributed by atoms with Crippen LogP contribution >= 0.6 is 23.2 Å². The molecule has 1 aromatic carbocycles. The molecule has 0 radical (unpaired) electrons. The van der Waals surface area contributed by atoms with Gasteiger partial charge in [-0.3, -0.25) is 4.79 Å². The Morgan fingerprint density at radius 1 is 1.26 bits per heavy atom. The molecule has 0 spiro atoms. The van der Waals surface area contributed by atoms with Crippen LogP contribution in [0.1, 0.15) is 0 Å². The molecule has 0 aliphatic rings. The Morgan fingerprint density at radius 3 is 2.47 bits per heavy atom. The maximum absolute atomic E-state index is 11.9. The van der Waals surface area contributed by atoms with Gasteiger partial charge < -0.3 is 9.64 Å². The van der Waals surface area contributed by atoms with E-state index in [2.05, 4.69) is 13.2 Å². The van der Waals surface area contributed by atoms with Crippen molar-refractivity contribution < 1.29 is 9.53 Å². The number of carbonyl (C=O) groups is 1. The Hall–Kier alpha value is -1.45. The molecule has 1 rings (SSSR count). The van der Waals surface area contributed by atoms with Crippen molar-refractivity contribution in [3.8, 4) is 5.75 Å². The standard InChI is InChI=1S/C14H15Cl2NO2/c1-3-8-17(9-4-2)13(18)10-19-12-7-5-6-11(15)14(12)16/h3-7H,1-2,8-10H2. The molecule has 0 atom stereocenters. The summed E-state index contributed by atoms with van der Waals surface area (Å²) in [7, 11) is 0. The van der Waals surface area contributed by atoms with E-state index in [1.165, 1.54) is 0 Å². The van der Waals surface area contributed by atoms with Crippen LogP contribution in [0.2, 0.25) is 10.0 Å². The fourth-order valence-electron chi connectivity index (χ4n) is 1.42. The van der Waals surface area contributed by atoms with E-state index in [-0.39, 0.29) is 12.5 Å². The second-order valence-corrected chi connectivity index (χ2v) is 4.50. The van der Waals surface area contributed by atoms with Gasteiger partial charge in [0.15, 0.2) is 6.61 Å². The van der Waals surface area contributed by atoms with E-state index in [1.807, 2.05) is 0 Å². The number of carbonyl (C=O) groups excluding carboxylic acids is 1. The number of ether oxygens (including phenoxy) is 1. The topological polar surface area (TPSA) is 29.5 Å². The lowest BCUT2D eigenvalue weighted by Crippen LogP contribution is -2.35. The predicted molar refractivity (Wildman–Crippen MR) is 78.9 cm³/mol. The number of hydrogen-bond donors (Lipinski definition) is 0. The van der Waals surface area contributed by atoms with Gasteiger partial charge in [-0.2, -0.15) is 0 Å². The first-order chi connectivity index (χ1) is 9.10. The molecule has 0 saturated carbocycles. The first-order valence-electron chi connectivity index (χ1n) is 5.66. The number of benzene rings is 1. The van der Waals surface area contributed by atoms with Crippen molar-refractivity contribution in [2.75, 3.05) is 19.7 Å². The predicted octanol–water partition coefficient (Wildman–Crippen LogP) is 3.57. The van der Waals surface area contributed by atoms with Crippen LogP contribution in [0.3, 0.4) is 0 Å². The van der Waals surface area contributed by atoms with E-state index in [9.17, 15) is 4.79 Å². The second kappa shape index (κ2) is 7.87. The molecular weight excluding hydrogens is 285 g/mol. The maximum atomic E-state index is 11.9. The van der Waals surface area contributed by atoms with E-state index in [0.717, 1.165) is 0 Å². The van der Waals surface area contributed by atoms with Crippen LogP contribution in [0.25, 0.3) is 0 Å². The highest BCUT2D eigenvalue weighted by atomic mass is 35.5. The third kappa shape index (κ3) is 4.62. The van der Waals surface area contributed by atoms with E-state index < -0.39 is 0 Å². The minimum absolute atomic E-state index is 0.109. The largest absolute Gasteiger partial charge is 0.482 e. The molecule has 0 aromatic heterocycles. The van der Waals surface area contributed by atoms with Gasteiger partial charge in [-0.15, -0.1) is 13.2 Å². The van der Waals surface area contributed by atoms with Gasteiger partial charge >= 0.3 is 0 Å². The highest BCUT2D eigenvalue weighted by Crippen LogP contribution is 2.31. The minimum Gasteiger partial charge on any atom is -0.482 e. The van der Waals surface area contributed by atoms with Crippen molar-refractivity contribution in [1.29, 1.82) is 0 Å². The van der Waals surface area contributed by atoms with Crippen LogP contribution in [0.5, 0.6) is 5.75 Å². The molecule has 0 bridgehead atoms. The molecule has 1 aromatic rings. The first kappa shape index (κ1) is 15.6. The summed E-state index contributed by atoms with van der Waals surface area (Å²) in [4.78, 5) is 13.5. The average molecular weight is 300 g/mol. The summed E-state index contributed by atoms with van der Waals surface area (Å²) in [5.41, 5.74) is 0. The molecule has 0 aliphatic carbocycles. The van der Waals surface area contributed by atoms with Gasteiger partial charge in [0, 0.05) is 13.1 Å². The van der Waals surface area contributed by atoms with Crippen molar-refractivity contribution in [2.45, 2.75) is 0 Å².